The fourth-order valence-corrected chi connectivity index (χ4v) is 3.63. The smallest absolute Gasteiger partial charge is 0.261 e. The summed E-state index contributed by atoms with van der Waals surface area (Å²) in [4.78, 5) is 15.1. The van der Waals surface area contributed by atoms with Crippen molar-refractivity contribution in [1.29, 1.82) is 0 Å². The van der Waals surface area contributed by atoms with E-state index in [2.05, 4.69) is 34.5 Å². The molecule has 1 N–H and O–H groups in total. The number of para-hydroxylation sites is 2. The quantitative estimate of drug-likeness (QED) is 0.692. The number of carbonyl (C=O) groups is 1. The maximum absolute atomic E-state index is 12.6. The first-order chi connectivity index (χ1) is 14.2. The van der Waals surface area contributed by atoms with E-state index in [0.717, 1.165) is 12.1 Å². The number of carbonyl (C=O) groups excluding carboxylic acids is 1. The molecule has 3 rings (SSSR count). The van der Waals surface area contributed by atoms with Crippen LogP contribution in [0, 0.1) is 0 Å². The lowest BCUT2D eigenvalue weighted by Gasteiger charge is -2.26. The molecule has 156 valence electrons. The molecule has 0 aliphatic carbocycles. The summed E-state index contributed by atoms with van der Waals surface area (Å²) >= 11 is 0. The molecule has 0 unspecified atom stereocenters. The highest BCUT2D eigenvalue weighted by Crippen LogP contribution is 2.27. The largest absolute Gasteiger partial charge is 0.493 e. The van der Waals surface area contributed by atoms with Crippen molar-refractivity contribution in [3.63, 3.8) is 0 Å². The molecule has 1 saturated heterocycles. The third-order valence-corrected chi connectivity index (χ3v) is 5.35. The molecule has 29 heavy (non-hydrogen) atoms. The van der Waals surface area contributed by atoms with Gasteiger partial charge in [0.05, 0.1) is 7.11 Å². The number of rotatable bonds is 9. The van der Waals surface area contributed by atoms with Gasteiger partial charge in [-0.25, -0.2) is 0 Å². The van der Waals surface area contributed by atoms with E-state index >= 15 is 0 Å². The van der Waals surface area contributed by atoms with Gasteiger partial charge >= 0.3 is 0 Å². The Labute approximate surface area is 174 Å². The monoisotopic (exact) mass is 396 g/mol. The van der Waals surface area contributed by atoms with Crippen molar-refractivity contribution in [2.75, 3.05) is 20.2 Å². The summed E-state index contributed by atoms with van der Waals surface area (Å²) in [6.45, 7) is 5.84. The molecule has 2 aromatic carbocycles. The highest BCUT2D eigenvalue weighted by atomic mass is 16.5. The maximum atomic E-state index is 12.6. The number of likely N-dealkylation sites (tertiary alicyclic amines) is 1. The summed E-state index contributed by atoms with van der Waals surface area (Å²) in [5.41, 5.74) is 2.42. The van der Waals surface area contributed by atoms with Gasteiger partial charge in [0.2, 0.25) is 0 Å². The SMILES string of the molecule is CC[C@H](Oc1ccccc1OC)C(=O)NCc1ccc(CN2CCCCC2)cc1. The van der Waals surface area contributed by atoms with Crippen molar-refractivity contribution in [3.8, 4) is 11.5 Å². The standard InChI is InChI=1S/C24H32N2O3/c1-3-21(29-23-10-6-5-9-22(23)28-2)24(27)25-17-19-11-13-20(14-12-19)18-26-15-7-4-8-16-26/h5-6,9-14,21H,3-4,7-8,15-18H2,1-2H3,(H,25,27)/t21-/m0/s1. The predicted molar refractivity (Wildman–Crippen MR) is 115 cm³/mol. The predicted octanol–water partition coefficient (Wildman–Crippen LogP) is 4.15. The molecule has 1 fully saturated rings. The van der Waals surface area contributed by atoms with Crippen LogP contribution in [0.1, 0.15) is 43.7 Å². The molecule has 0 spiro atoms. The van der Waals surface area contributed by atoms with Crippen molar-refractivity contribution < 1.29 is 14.3 Å². The van der Waals surface area contributed by atoms with Crippen LogP contribution in [-0.2, 0) is 17.9 Å². The molecular weight excluding hydrogens is 364 g/mol. The van der Waals surface area contributed by atoms with Crippen molar-refractivity contribution in [1.82, 2.24) is 10.2 Å². The van der Waals surface area contributed by atoms with Gasteiger partial charge in [0.25, 0.3) is 5.91 Å². The molecule has 1 amide bonds. The van der Waals surface area contributed by atoms with Gasteiger partial charge in [-0.3, -0.25) is 9.69 Å². The number of benzene rings is 2. The van der Waals surface area contributed by atoms with Crippen molar-refractivity contribution in [2.45, 2.75) is 51.8 Å². The van der Waals surface area contributed by atoms with Crippen LogP contribution >= 0.6 is 0 Å². The Balaban J connectivity index is 1.50. The molecule has 0 saturated carbocycles. The second-order valence-corrected chi connectivity index (χ2v) is 7.54. The minimum atomic E-state index is -0.551. The zero-order valence-corrected chi connectivity index (χ0v) is 17.5. The average Bonchev–Trinajstić information content (AvgIpc) is 2.77. The third-order valence-electron chi connectivity index (χ3n) is 5.35. The number of nitrogens with one attached hydrogen (secondary N) is 1. The second kappa shape index (κ2) is 10.9. The second-order valence-electron chi connectivity index (χ2n) is 7.54. The van der Waals surface area contributed by atoms with Crippen molar-refractivity contribution in [2.24, 2.45) is 0 Å². The van der Waals surface area contributed by atoms with Crippen LogP contribution in [0.2, 0.25) is 0 Å². The molecule has 1 heterocycles. The molecule has 1 aliphatic heterocycles. The Bertz CT molecular complexity index is 770. The number of methoxy groups -OCH3 is 1. The summed E-state index contributed by atoms with van der Waals surface area (Å²) in [7, 11) is 1.60. The van der Waals surface area contributed by atoms with Crippen molar-refractivity contribution >= 4 is 5.91 Å². The molecule has 0 radical (unpaired) electrons. The number of hydrogen-bond donors (Lipinski definition) is 1. The molecule has 5 heteroatoms. The van der Waals surface area contributed by atoms with Gasteiger partial charge in [-0.1, -0.05) is 49.7 Å². The first kappa shape index (κ1) is 21.2. The summed E-state index contributed by atoms with van der Waals surface area (Å²) < 4.78 is 11.2. The Kier molecular flexibility index (Phi) is 7.94. The van der Waals surface area contributed by atoms with Gasteiger partial charge in [0, 0.05) is 13.1 Å². The Hall–Kier alpha value is -2.53. The van der Waals surface area contributed by atoms with Gasteiger partial charge in [-0.15, -0.1) is 0 Å². The maximum Gasteiger partial charge on any atom is 0.261 e. The molecule has 5 nitrogen and oxygen atoms in total. The average molecular weight is 397 g/mol. The van der Waals surface area contributed by atoms with Gasteiger partial charge in [0.15, 0.2) is 17.6 Å². The van der Waals surface area contributed by atoms with E-state index < -0.39 is 6.10 Å². The first-order valence-electron chi connectivity index (χ1n) is 10.6. The molecule has 0 aromatic heterocycles. The minimum absolute atomic E-state index is 0.115. The summed E-state index contributed by atoms with van der Waals surface area (Å²) in [5, 5.41) is 2.99. The first-order valence-corrected chi connectivity index (χ1v) is 10.6. The van der Waals surface area contributed by atoms with Crippen LogP contribution in [0.5, 0.6) is 11.5 Å². The fraction of sp³-hybridized carbons (Fsp3) is 0.458. The van der Waals surface area contributed by atoms with E-state index in [1.54, 1.807) is 7.11 Å². The van der Waals surface area contributed by atoms with Crippen LogP contribution in [-0.4, -0.2) is 37.1 Å². The third kappa shape index (κ3) is 6.23. The van der Waals surface area contributed by atoms with Crippen LogP contribution in [0.15, 0.2) is 48.5 Å². The highest BCUT2D eigenvalue weighted by molar-refractivity contribution is 5.81. The normalized spacial score (nSPS) is 15.5. The van der Waals surface area contributed by atoms with E-state index in [1.807, 2.05) is 31.2 Å². The zero-order chi connectivity index (χ0) is 20.5. The topological polar surface area (TPSA) is 50.8 Å². The lowest BCUT2D eigenvalue weighted by molar-refractivity contribution is -0.128. The van der Waals surface area contributed by atoms with E-state index in [4.69, 9.17) is 9.47 Å². The van der Waals surface area contributed by atoms with E-state index in [9.17, 15) is 4.79 Å². The minimum Gasteiger partial charge on any atom is -0.493 e. The Morgan fingerprint density at radius 1 is 1.00 bits per heavy atom. The van der Waals surface area contributed by atoms with Crippen LogP contribution in [0.25, 0.3) is 0 Å². The van der Waals surface area contributed by atoms with Gasteiger partial charge < -0.3 is 14.8 Å². The Morgan fingerprint density at radius 2 is 1.66 bits per heavy atom. The molecule has 2 aromatic rings. The lowest BCUT2D eigenvalue weighted by atomic mass is 10.1. The van der Waals surface area contributed by atoms with Crippen LogP contribution < -0.4 is 14.8 Å². The van der Waals surface area contributed by atoms with Gasteiger partial charge in [-0.2, -0.15) is 0 Å². The number of nitrogens with zero attached hydrogens (tertiary/aromatic N) is 1. The van der Waals surface area contributed by atoms with Gasteiger partial charge in [0.1, 0.15) is 0 Å². The van der Waals surface area contributed by atoms with Crippen molar-refractivity contribution in [3.05, 3.63) is 59.7 Å². The molecule has 1 aliphatic rings. The van der Waals surface area contributed by atoms with E-state index in [1.165, 1.54) is 37.9 Å². The van der Waals surface area contributed by atoms with Crippen LogP contribution in [0.3, 0.4) is 0 Å². The number of piperidine rings is 1. The summed E-state index contributed by atoms with van der Waals surface area (Å²) in [6, 6.07) is 15.9. The van der Waals surface area contributed by atoms with E-state index in [0.29, 0.717) is 24.5 Å². The van der Waals surface area contributed by atoms with Gasteiger partial charge in [-0.05, 0) is 55.6 Å². The molecule has 0 bridgehead atoms. The Morgan fingerprint density at radius 3 is 2.31 bits per heavy atom. The number of amides is 1. The fourth-order valence-electron chi connectivity index (χ4n) is 3.63. The van der Waals surface area contributed by atoms with Crippen LogP contribution in [0.4, 0.5) is 0 Å². The molecular formula is C24H32N2O3. The summed E-state index contributed by atoms with van der Waals surface area (Å²) in [6.07, 6.45) is 4.00. The number of ether oxygens (including phenoxy) is 2. The van der Waals surface area contributed by atoms with E-state index in [-0.39, 0.29) is 5.91 Å². The lowest BCUT2D eigenvalue weighted by Crippen LogP contribution is -2.37. The zero-order valence-electron chi connectivity index (χ0n) is 17.5. The molecule has 1 atom stereocenters. The summed E-state index contributed by atoms with van der Waals surface area (Å²) in [5.74, 6) is 1.10. The highest BCUT2D eigenvalue weighted by Gasteiger charge is 2.19. The number of hydrogen-bond acceptors (Lipinski definition) is 4.